The lowest BCUT2D eigenvalue weighted by Crippen LogP contribution is -2.25. The number of thiophene rings is 1. The van der Waals surface area contributed by atoms with Gasteiger partial charge in [0.1, 0.15) is 10.0 Å². The molecule has 0 bridgehead atoms. The Balaban J connectivity index is 1.61. The Morgan fingerprint density at radius 1 is 1.17 bits per heavy atom. The van der Waals surface area contributed by atoms with Gasteiger partial charge in [0.25, 0.3) is 0 Å². The van der Waals surface area contributed by atoms with Crippen LogP contribution in [0.5, 0.6) is 0 Å². The number of nitrogens with one attached hydrogen (secondary N) is 1. The minimum Gasteiger partial charge on any atom is -0.421 e. The Kier molecular flexibility index (Phi) is 4.51. The Morgan fingerprint density at radius 2 is 1.96 bits per heavy atom. The zero-order valence-electron chi connectivity index (χ0n) is 11.8. The molecule has 120 valence electrons. The number of hydrogen-bond donors (Lipinski definition) is 1. The maximum Gasteiger partial charge on any atom is 0.250 e. The summed E-state index contributed by atoms with van der Waals surface area (Å²) in [4.78, 5) is 0. The molecule has 0 unspecified atom stereocenters. The molecule has 0 amide bonds. The monoisotopic (exact) mass is 353 g/mol. The molecular weight excluding hydrogens is 341 g/mol. The normalized spacial score (nSPS) is 11.7. The fourth-order valence-electron chi connectivity index (χ4n) is 1.84. The van der Waals surface area contributed by atoms with Crippen LogP contribution in [0.4, 0.5) is 4.39 Å². The average molecular weight is 353 g/mol. The molecule has 0 aliphatic heterocycles. The first-order valence-electron chi connectivity index (χ1n) is 6.66. The van der Waals surface area contributed by atoms with Gasteiger partial charge in [0.05, 0.1) is 0 Å². The predicted molar refractivity (Wildman–Crippen MR) is 82.9 cm³/mol. The van der Waals surface area contributed by atoms with Gasteiger partial charge in [-0.25, -0.2) is 17.5 Å². The first-order valence-corrected chi connectivity index (χ1v) is 9.02. The average Bonchev–Trinajstić information content (AvgIpc) is 3.19. The van der Waals surface area contributed by atoms with Crippen molar-refractivity contribution >= 4 is 21.4 Å². The van der Waals surface area contributed by atoms with Crippen molar-refractivity contribution in [1.29, 1.82) is 0 Å². The number of rotatable bonds is 6. The van der Waals surface area contributed by atoms with E-state index < -0.39 is 10.0 Å². The van der Waals surface area contributed by atoms with Crippen molar-refractivity contribution < 1.29 is 17.2 Å². The summed E-state index contributed by atoms with van der Waals surface area (Å²) in [5.74, 6) is 0.218. The van der Waals surface area contributed by atoms with Gasteiger partial charge in [0.15, 0.2) is 0 Å². The third-order valence-corrected chi connectivity index (χ3v) is 5.81. The van der Waals surface area contributed by atoms with E-state index in [9.17, 15) is 12.8 Å². The van der Waals surface area contributed by atoms with Gasteiger partial charge in [-0.15, -0.1) is 21.5 Å². The number of aromatic nitrogens is 2. The van der Waals surface area contributed by atoms with Crippen molar-refractivity contribution in [1.82, 2.24) is 14.9 Å². The van der Waals surface area contributed by atoms with Crippen LogP contribution in [0.2, 0.25) is 0 Å². The first kappa shape index (κ1) is 15.8. The third-order valence-electron chi connectivity index (χ3n) is 2.95. The van der Waals surface area contributed by atoms with Crippen LogP contribution in [-0.2, 0) is 16.4 Å². The zero-order valence-corrected chi connectivity index (χ0v) is 13.4. The molecule has 0 radical (unpaired) electrons. The van der Waals surface area contributed by atoms with E-state index in [1.807, 2.05) is 0 Å². The van der Waals surface area contributed by atoms with Crippen LogP contribution in [0.3, 0.4) is 0 Å². The fraction of sp³-hybridized carbons (Fsp3) is 0.143. The summed E-state index contributed by atoms with van der Waals surface area (Å²) in [6.45, 7) is 0.144. The van der Waals surface area contributed by atoms with E-state index in [0.717, 1.165) is 11.3 Å². The second-order valence-corrected chi connectivity index (χ2v) is 7.53. The van der Waals surface area contributed by atoms with Gasteiger partial charge in [-0.05, 0) is 35.7 Å². The molecule has 3 rings (SSSR count). The Morgan fingerprint density at radius 3 is 2.65 bits per heavy atom. The molecule has 2 heterocycles. The minimum absolute atomic E-state index is 0.144. The summed E-state index contributed by atoms with van der Waals surface area (Å²) in [5, 5.41) is 9.42. The second kappa shape index (κ2) is 6.57. The molecule has 9 heteroatoms. The quantitative estimate of drug-likeness (QED) is 0.736. The van der Waals surface area contributed by atoms with Crippen molar-refractivity contribution in [2.75, 3.05) is 6.54 Å². The molecule has 0 atom stereocenters. The molecule has 0 aliphatic carbocycles. The smallest absolute Gasteiger partial charge is 0.250 e. The van der Waals surface area contributed by atoms with Gasteiger partial charge in [0.2, 0.25) is 21.8 Å². The summed E-state index contributed by atoms with van der Waals surface area (Å²) in [7, 11) is -3.50. The highest BCUT2D eigenvalue weighted by molar-refractivity contribution is 7.91. The molecule has 2 aromatic heterocycles. The van der Waals surface area contributed by atoms with E-state index in [1.165, 1.54) is 30.3 Å². The lowest BCUT2D eigenvalue weighted by Gasteiger charge is -2.02. The molecule has 0 fully saturated rings. The number of nitrogens with zero attached hydrogens (tertiary/aromatic N) is 2. The molecule has 1 aromatic carbocycles. The molecular formula is C14H12FN3O3S2. The van der Waals surface area contributed by atoms with E-state index >= 15 is 0 Å². The zero-order chi connectivity index (χ0) is 16.3. The highest BCUT2D eigenvalue weighted by atomic mass is 32.2. The highest BCUT2D eigenvalue weighted by Crippen LogP contribution is 2.18. The van der Waals surface area contributed by atoms with Gasteiger partial charge >= 0.3 is 0 Å². The topological polar surface area (TPSA) is 85.1 Å². The van der Waals surface area contributed by atoms with Crippen LogP contribution in [0.25, 0.3) is 11.5 Å². The Hall–Kier alpha value is -2.10. The van der Waals surface area contributed by atoms with E-state index in [-0.39, 0.29) is 28.9 Å². The van der Waals surface area contributed by atoms with E-state index in [2.05, 4.69) is 14.9 Å². The van der Waals surface area contributed by atoms with Crippen LogP contribution in [0.15, 0.2) is 50.4 Å². The lowest BCUT2D eigenvalue weighted by molar-refractivity contribution is 0.502. The largest absolute Gasteiger partial charge is 0.421 e. The van der Waals surface area contributed by atoms with E-state index in [0.29, 0.717) is 11.5 Å². The van der Waals surface area contributed by atoms with Crippen LogP contribution < -0.4 is 4.72 Å². The maximum absolute atomic E-state index is 12.9. The Labute approximate surface area is 136 Å². The van der Waals surface area contributed by atoms with E-state index in [1.54, 1.807) is 11.4 Å². The summed E-state index contributed by atoms with van der Waals surface area (Å²) in [6, 6.07) is 8.87. The van der Waals surface area contributed by atoms with Crippen LogP contribution >= 0.6 is 11.3 Å². The summed E-state index contributed by atoms with van der Waals surface area (Å²) in [5.41, 5.74) is 0.601. The second-order valence-electron chi connectivity index (χ2n) is 4.59. The van der Waals surface area contributed by atoms with Gasteiger partial charge in [0, 0.05) is 18.5 Å². The van der Waals surface area contributed by atoms with Crippen molar-refractivity contribution in [2.24, 2.45) is 0 Å². The van der Waals surface area contributed by atoms with Crippen molar-refractivity contribution in [3.8, 4) is 11.5 Å². The van der Waals surface area contributed by atoms with Crippen molar-refractivity contribution in [3.05, 3.63) is 53.5 Å². The highest BCUT2D eigenvalue weighted by Gasteiger charge is 2.15. The summed E-state index contributed by atoms with van der Waals surface area (Å²) < 4.78 is 44.9. The molecule has 1 N–H and O–H groups in total. The summed E-state index contributed by atoms with van der Waals surface area (Å²) >= 11 is 1.15. The van der Waals surface area contributed by atoms with Gasteiger partial charge in [-0.3, -0.25) is 0 Å². The molecule has 0 spiro atoms. The van der Waals surface area contributed by atoms with Crippen LogP contribution in [0.1, 0.15) is 5.89 Å². The molecule has 3 aromatic rings. The van der Waals surface area contributed by atoms with Crippen LogP contribution in [0, 0.1) is 5.82 Å². The lowest BCUT2D eigenvalue weighted by atomic mass is 10.2. The standard InChI is InChI=1S/C14H12FN3O3S2/c15-11-5-3-10(4-6-11)14-18-17-12(21-14)7-8-16-23(19,20)13-2-1-9-22-13/h1-6,9,16H,7-8H2. The number of halogens is 1. The third kappa shape index (κ3) is 3.81. The van der Waals surface area contributed by atoms with Gasteiger partial charge in [-0.2, -0.15) is 0 Å². The molecule has 0 saturated carbocycles. The SMILES string of the molecule is O=S(=O)(NCCc1nnc(-c2ccc(F)cc2)o1)c1cccs1. The van der Waals surface area contributed by atoms with Crippen LogP contribution in [-0.4, -0.2) is 25.2 Å². The van der Waals surface area contributed by atoms with Gasteiger partial charge < -0.3 is 4.42 Å². The number of sulfonamides is 1. The molecule has 0 saturated heterocycles. The number of hydrogen-bond acceptors (Lipinski definition) is 6. The van der Waals surface area contributed by atoms with E-state index in [4.69, 9.17) is 4.42 Å². The minimum atomic E-state index is -3.50. The Bertz CT molecular complexity index is 874. The fourth-order valence-corrected chi connectivity index (χ4v) is 3.91. The van der Waals surface area contributed by atoms with Gasteiger partial charge in [-0.1, -0.05) is 6.07 Å². The number of benzene rings is 1. The first-order chi connectivity index (χ1) is 11.0. The van der Waals surface area contributed by atoms with Crippen molar-refractivity contribution in [2.45, 2.75) is 10.6 Å². The summed E-state index contributed by atoms with van der Waals surface area (Å²) in [6.07, 6.45) is 0.263. The predicted octanol–water partition coefficient (Wildman–Crippen LogP) is 2.46. The molecule has 6 nitrogen and oxygen atoms in total. The van der Waals surface area contributed by atoms with Crippen molar-refractivity contribution in [3.63, 3.8) is 0 Å². The maximum atomic E-state index is 12.9. The molecule has 0 aliphatic rings. The molecule has 23 heavy (non-hydrogen) atoms.